The zero-order valence-electron chi connectivity index (χ0n) is 20.5. The highest BCUT2D eigenvalue weighted by molar-refractivity contribution is 7.90. The van der Waals surface area contributed by atoms with Crippen molar-refractivity contribution in [3.63, 3.8) is 0 Å². The van der Waals surface area contributed by atoms with Crippen LogP contribution in [0.15, 0.2) is 88.7 Å². The number of aromatic nitrogens is 2. The number of thiazole rings is 1. The fourth-order valence-corrected chi connectivity index (χ4v) is 7.03. The van der Waals surface area contributed by atoms with Crippen molar-refractivity contribution >= 4 is 49.1 Å². The van der Waals surface area contributed by atoms with Crippen molar-refractivity contribution in [2.24, 2.45) is 0 Å². The summed E-state index contributed by atoms with van der Waals surface area (Å²) in [7, 11) is -2.31. The second-order valence-corrected chi connectivity index (χ2v) is 12.2. The molecule has 0 atom stereocenters. The third-order valence-electron chi connectivity index (χ3n) is 6.12. The highest BCUT2D eigenvalue weighted by atomic mass is 35.5. The molecule has 11 heteroatoms. The normalized spacial score (nSPS) is 11.5. The van der Waals surface area contributed by atoms with Gasteiger partial charge >= 0.3 is 5.97 Å². The summed E-state index contributed by atoms with van der Waals surface area (Å²) in [6, 6.07) is 20.9. The van der Waals surface area contributed by atoms with E-state index in [1.54, 1.807) is 22.8 Å². The van der Waals surface area contributed by atoms with Gasteiger partial charge in [0.2, 0.25) is 5.43 Å². The monoisotopic (exact) mass is 580 g/mol. The SMILES string of the molecule is COc1ccc(S(=O)(=O)Cc2nc3c(=O)c(C(=O)O)cn(Cc4ccc(Cl)cc4-c4ccccc4)c3s2)cc1. The fraction of sp³-hybridized carbons (Fsp3) is 0.107. The predicted molar refractivity (Wildman–Crippen MR) is 151 cm³/mol. The average molecular weight is 581 g/mol. The summed E-state index contributed by atoms with van der Waals surface area (Å²) in [4.78, 5) is 29.7. The molecule has 2 heterocycles. The summed E-state index contributed by atoms with van der Waals surface area (Å²) in [6.45, 7) is 0.200. The summed E-state index contributed by atoms with van der Waals surface area (Å²) in [5.41, 5.74) is 1.28. The minimum Gasteiger partial charge on any atom is -0.497 e. The molecule has 0 spiro atoms. The summed E-state index contributed by atoms with van der Waals surface area (Å²) >= 11 is 7.33. The molecule has 1 N–H and O–H groups in total. The van der Waals surface area contributed by atoms with E-state index >= 15 is 0 Å². The Bertz CT molecular complexity index is 1860. The Labute approximate surface area is 232 Å². The van der Waals surface area contributed by atoms with Gasteiger partial charge in [0.25, 0.3) is 0 Å². The van der Waals surface area contributed by atoms with Crippen molar-refractivity contribution in [1.29, 1.82) is 0 Å². The molecule has 0 fully saturated rings. The highest BCUT2D eigenvalue weighted by Crippen LogP contribution is 2.30. The van der Waals surface area contributed by atoms with E-state index in [0.29, 0.717) is 15.6 Å². The largest absolute Gasteiger partial charge is 0.497 e. The van der Waals surface area contributed by atoms with Crippen LogP contribution in [0.4, 0.5) is 0 Å². The molecule has 8 nitrogen and oxygen atoms in total. The van der Waals surface area contributed by atoms with Crippen LogP contribution in [0, 0.1) is 0 Å². The van der Waals surface area contributed by atoms with Gasteiger partial charge in [-0.25, -0.2) is 18.2 Å². The van der Waals surface area contributed by atoms with E-state index in [4.69, 9.17) is 16.3 Å². The number of pyridine rings is 1. The molecule has 0 unspecified atom stereocenters. The maximum Gasteiger partial charge on any atom is 0.341 e. The topological polar surface area (TPSA) is 116 Å². The summed E-state index contributed by atoms with van der Waals surface area (Å²) in [5.74, 6) is -1.32. The molecular weight excluding hydrogens is 560 g/mol. The molecular formula is C28H21ClN2O6S2. The molecule has 0 bridgehead atoms. The number of carboxylic acids is 1. The first-order valence-electron chi connectivity index (χ1n) is 11.6. The Balaban J connectivity index is 1.60. The Morgan fingerprint density at radius 2 is 1.79 bits per heavy atom. The fourth-order valence-electron chi connectivity index (χ4n) is 4.22. The lowest BCUT2D eigenvalue weighted by atomic mass is 9.99. The van der Waals surface area contributed by atoms with Crippen molar-refractivity contribution in [3.8, 4) is 16.9 Å². The van der Waals surface area contributed by atoms with Crippen LogP contribution in [0.5, 0.6) is 5.75 Å². The summed E-state index contributed by atoms with van der Waals surface area (Å²) in [5, 5.41) is 10.4. The number of sulfone groups is 1. The van der Waals surface area contributed by atoms with E-state index in [0.717, 1.165) is 28.0 Å². The number of methoxy groups -OCH3 is 1. The van der Waals surface area contributed by atoms with Crippen LogP contribution in [0.1, 0.15) is 20.9 Å². The minimum atomic E-state index is -3.79. The Morgan fingerprint density at radius 1 is 1.08 bits per heavy atom. The molecule has 0 aliphatic carbocycles. The highest BCUT2D eigenvalue weighted by Gasteiger charge is 2.23. The maximum absolute atomic E-state index is 13.1. The van der Waals surface area contributed by atoms with Crippen LogP contribution < -0.4 is 10.2 Å². The number of benzene rings is 3. The summed E-state index contributed by atoms with van der Waals surface area (Å²) in [6.07, 6.45) is 1.27. The molecule has 0 aliphatic heterocycles. The van der Waals surface area contributed by atoms with Crippen LogP contribution >= 0.6 is 22.9 Å². The first-order valence-corrected chi connectivity index (χ1v) is 14.5. The second-order valence-electron chi connectivity index (χ2n) is 8.67. The van der Waals surface area contributed by atoms with Crippen LogP contribution in [-0.4, -0.2) is 36.2 Å². The number of carboxylic acid groups (broad SMARTS) is 1. The van der Waals surface area contributed by atoms with Crippen LogP contribution in [0.2, 0.25) is 5.02 Å². The van der Waals surface area contributed by atoms with Crippen LogP contribution in [-0.2, 0) is 22.1 Å². The van der Waals surface area contributed by atoms with E-state index < -0.39 is 32.6 Å². The van der Waals surface area contributed by atoms with Gasteiger partial charge in [-0.3, -0.25) is 4.79 Å². The van der Waals surface area contributed by atoms with Crippen molar-refractivity contribution < 1.29 is 23.1 Å². The number of ether oxygens (including phenoxy) is 1. The molecule has 0 aliphatic rings. The van der Waals surface area contributed by atoms with Crippen molar-refractivity contribution in [3.05, 3.63) is 110 Å². The third kappa shape index (κ3) is 5.44. The molecule has 0 amide bonds. The van der Waals surface area contributed by atoms with Gasteiger partial charge in [-0.2, -0.15) is 0 Å². The van der Waals surface area contributed by atoms with E-state index in [1.165, 1.54) is 25.4 Å². The van der Waals surface area contributed by atoms with Gasteiger partial charge < -0.3 is 14.4 Å². The number of fused-ring (bicyclic) bond motifs is 1. The lowest BCUT2D eigenvalue weighted by Crippen LogP contribution is -2.19. The molecule has 0 radical (unpaired) electrons. The zero-order valence-corrected chi connectivity index (χ0v) is 22.9. The molecule has 0 saturated carbocycles. The molecule has 5 aromatic rings. The van der Waals surface area contributed by atoms with Gasteiger partial charge in [0.1, 0.15) is 32.4 Å². The number of aromatic carboxylic acids is 1. The maximum atomic E-state index is 13.1. The molecule has 5 rings (SSSR count). The van der Waals surface area contributed by atoms with Gasteiger partial charge in [0.05, 0.1) is 12.0 Å². The smallest absolute Gasteiger partial charge is 0.341 e. The molecule has 198 valence electrons. The van der Waals surface area contributed by atoms with E-state index in [9.17, 15) is 23.1 Å². The lowest BCUT2D eigenvalue weighted by molar-refractivity contribution is 0.0694. The van der Waals surface area contributed by atoms with Crippen LogP contribution in [0.3, 0.4) is 0 Å². The van der Waals surface area contributed by atoms with Gasteiger partial charge in [0, 0.05) is 17.8 Å². The minimum absolute atomic E-state index is 0.0812. The number of rotatable bonds is 8. The molecule has 2 aromatic heterocycles. The number of nitrogens with zero attached hydrogens (tertiary/aromatic N) is 2. The standard InChI is InChI=1S/C28H21ClN2O6S2/c1-37-20-9-11-21(12-10-20)39(35,36)16-24-30-25-26(32)23(28(33)34)15-31(27(25)38-24)14-18-7-8-19(29)13-22(18)17-5-3-2-4-6-17/h2-13,15H,14,16H2,1H3,(H,33,34). The molecule has 39 heavy (non-hydrogen) atoms. The molecule has 0 saturated heterocycles. The number of carbonyl (C=O) groups is 1. The first kappa shape index (κ1) is 26.6. The Morgan fingerprint density at radius 3 is 2.46 bits per heavy atom. The Hall–Kier alpha value is -3.99. The van der Waals surface area contributed by atoms with Gasteiger partial charge in [-0.05, 0) is 53.1 Å². The summed E-state index contributed by atoms with van der Waals surface area (Å²) < 4.78 is 32.9. The van der Waals surface area contributed by atoms with E-state index in [2.05, 4.69) is 4.98 Å². The first-order chi connectivity index (χ1) is 18.7. The number of halogens is 1. The second kappa shape index (κ2) is 10.6. The van der Waals surface area contributed by atoms with Crippen LogP contribution in [0.25, 0.3) is 21.5 Å². The zero-order chi connectivity index (χ0) is 27.7. The van der Waals surface area contributed by atoms with Crippen molar-refractivity contribution in [1.82, 2.24) is 9.55 Å². The average Bonchev–Trinajstić information content (AvgIpc) is 3.35. The van der Waals surface area contributed by atoms with Crippen molar-refractivity contribution in [2.75, 3.05) is 7.11 Å². The third-order valence-corrected chi connectivity index (χ3v) is 9.27. The van der Waals surface area contributed by atoms with Gasteiger partial charge in [-0.15, -0.1) is 0 Å². The number of hydrogen-bond donors (Lipinski definition) is 1. The molecule has 3 aromatic carbocycles. The van der Waals surface area contributed by atoms with E-state index in [-0.39, 0.29) is 22.0 Å². The quantitative estimate of drug-likeness (QED) is 0.257. The van der Waals surface area contributed by atoms with Gasteiger partial charge in [0.15, 0.2) is 9.84 Å². The van der Waals surface area contributed by atoms with Gasteiger partial charge in [-0.1, -0.05) is 59.3 Å². The van der Waals surface area contributed by atoms with Crippen molar-refractivity contribution in [2.45, 2.75) is 17.2 Å². The Kier molecular flexibility index (Phi) is 7.26. The predicted octanol–water partition coefficient (Wildman–Crippen LogP) is 5.51. The van der Waals surface area contributed by atoms with E-state index in [1.807, 2.05) is 42.5 Å². The number of hydrogen-bond acceptors (Lipinski definition) is 7. The lowest BCUT2D eigenvalue weighted by Gasteiger charge is -2.14.